The standard InChI is InChI=1S/C16H13Cl2FN2O4/c1-2-23-14(22)13-11(15-24-5-6-25-15)12(20-16(18)21-13)9-4-3-8(17)7-10(9)19/h3-4,7,15H,2,5-6H2,1H3. The third-order valence-corrected chi connectivity index (χ3v) is 3.84. The van der Waals surface area contributed by atoms with Crippen molar-refractivity contribution in [2.24, 2.45) is 0 Å². The molecule has 6 nitrogen and oxygen atoms in total. The lowest BCUT2D eigenvalue weighted by Crippen LogP contribution is -2.17. The van der Waals surface area contributed by atoms with E-state index in [0.29, 0.717) is 13.2 Å². The molecule has 0 saturated carbocycles. The summed E-state index contributed by atoms with van der Waals surface area (Å²) in [6.45, 7) is 2.43. The number of benzene rings is 1. The van der Waals surface area contributed by atoms with Crippen molar-refractivity contribution in [3.8, 4) is 11.3 Å². The molecule has 9 heteroatoms. The normalized spacial score (nSPS) is 14.7. The first-order valence-corrected chi connectivity index (χ1v) is 8.20. The van der Waals surface area contributed by atoms with Gasteiger partial charge in [0.1, 0.15) is 5.82 Å². The van der Waals surface area contributed by atoms with Gasteiger partial charge in [0, 0.05) is 10.6 Å². The van der Waals surface area contributed by atoms with Crippen LogP contribution in [0.3, 0.4) is 0 Å². The number of hydrogen-bond acceptors (Lipinski definition) is 6. The molecule has 2 heterocycles. The highest BCUT2D eigenvalue weighted by Crippen LogP contribution is 2.36. The number of carbonyl (C=O) groups excluding carboxylic acids is 1. The van der Waals surface area contributed by atoms with Crippen molar-refractivity contribution >= 4 is 29.2 Å². The van der Waals surface area contributed by atoms with E-state index in [-0.39, 0.29) is 39.4 Å². The molecular weight excluding hydrogens is 374 g/mol. The van der Waals surface area contributed by atoms with E-state index in [1.807, 2.05) is 0 Å². The summed E-state index contributed by atoms with van der Waals surface area (Å²) in [5, 5.41) is -0.00362. The molecule has 2 aromatic rings. The quantitative estimate of drug-likeness (QED) is 0.587. The van der Waals surface area contributed by atoms with E-state index in [0.717, 1.165) is 6.07 Å². The van der Waals surface area contributed by atoms with E-state index in [2.05, 4.69) is 9.97 Å². The largest absolute Gasteiger partial charge is 0.461 e. The zero-order valence-electron chi connectivity index (χ0n) is 13.1. The van der Waals surface area contributed by atoms with Crippen molar-refractivity contribution in [3.05, 3.63) is 45.6 Å². The predicted molar refractivity (Wildman–Crippen MR) is 88.0 cm³/mol. The van der Waals surface area contributed by atoms with Gasteiger partial charge in [0.25, 0.3) is 0 Å². The average molecular weight is 387 g/mol. The fraction of sp³-hybridized carbons (Fsp3) is 0.312. The summed E-state index contributed by atoms with van der Waals surface area (Å²) in [6, 6.07) is 4.07. The molecule has 0 radical (unpaired) electrons. The molecule has 1 aromatic carbocycles. The maximum Gasteiger partial charge on any atom is 0.357 e. The summed E-state index contributed by atoms with van der Waals surface area (Å²) < 4.78 is 30.4. The van der Waals surface area contributed by atoms with Gasteiger partial charge in [-0.2, -0.15) is 0 Å². The second-order valence-electron chi connectivity index (χ2n) is 5.02. The topological polar surface area (TPSA) is 70.5 Å². The van der Waals surface area contributed by atoms with E-state index in [4.69, 9.17) is 37.4 Å². The highest BCUT2D eigenvalue weighted by molar-refractivity contribution is 6.30. The molecule has 0 aliphatic carbocycles. The number of rotatable bonds is 4. The number of hydrogen-bond donors (Lipinski definition) is 0. The first-order valence-electron chi connectivity index (χ1n) is 7.44. The van der Waals surface area contributed by atoms with Crippen molar-refractivity contribution in [1.29, 1.82) is 0 Å². The first kappa shape index (κ1) is 18.0. The van der Waals surface area contributed by atoms with Crippen LogP contribution in [0.4, 0.5) is 4.39 Å². The Morgan fingerprint density at radius 3 is 2.68 bits per heavy atom. The number of aromatic nitrogens is 2. The van der Waals surface area contributed by atoms with E-state index in [9.17, 15) is 9.18 Å². The Labute approximate surface area is 152 Å². The van der Waals surface area contributed by atoms with Crippen molar-refractivity contribution in [2.45, 2.75) is 13.2 Å². The summed E-state index contributed by atoms with van der Waals surface area (Å²) >= 11 is 11.7. The van der Waals surface area contributed by atoms with Crippen LogP contribution in [0.1, 0.15) is 29.3 Å². The Morgan fingerprint density at radius 1 is 1.32 bits per heavy atom. The monoisotopic (exact) mass is 386 g/mol. The van der Waals surface area contributed by atoms with Crippen LogP contribution >= 0.6 is 23.2 Å². The third kappa shape index (κ3) is 3.74. The Kier molecular flexibility index (Phi) is 5.48. The summed E-state index contributed by atoms with van der Waals surface area (Å²) in [5.41, 5.74) is 0.220. The molecule has 25 heavy (non-hydrogen) atoms. The fourth-order valence-corrected chi connectivity index (χ4v) is 2.76. The lowest BCUT2D eigenvalue weighted by Gasteiger charge is -2.17. The minimum atomic E-state index is -0.929. The Morgan fingerprint density at radius 2 is 2.04 bits per heavy atom. The Balaban J connectivity index is 2.23. The van der Waals surface area contributed by atoms with Crippen LogP contribution in [0.25, 0.3) is 11.3 Å². The third-order valence-electron chi connectivity index (χ3n) is 3.43. The van der Waals surface area contributed by atoms with Crippen molar-refractivity contribution in [2.75, 3.05) is 19.8 Å². The molecule has 132 valence electrons. The van der Waals surface area contributed by atoms with Crippen LogP contribution in [0.2, 0.25) is 10.3 Å². The lowest BCUT2D eigenvalue weighted by atomic mass is 10.0. The predicted octanol–water partition coefficient (Wildman–Crippen LogP) is 3.81. The molecule has 0 amide bonds. The number of carbonyl (C=O) groups is 1. The molecule has 0 atom stereocenters. The van der Waals surface area contributed by atoms with E-state index < -0.39 is 18.1 Å². The summed E-state index contributed by atoms with van der Waals surface area (Å²) in [6.07, 6.45) is -0.929. The van der Waals surface area contributed by atoms with Gasteiger partial charge in [-0.3, -0.25) is 0 Å². The van der Waals surface area contributed by atoms with Crippen LogP contribution in [0, 0.1) is 5.82 Å². The maximum absolute atomic E-state index is 14.4. The van der Waals surface area contributed by atoms with Gasteiger partial charge in [-0.15, -0.1) is 0 Å². The van der Waals surface area contributed by atoms with Crippen LogP contribution in [0.15, 0.2) is 18.2 Å². The molecule has 0 bridgehead atoms. The number of ether oxygens (including phenoxy) is 3. The van der Waals surface area contributed by atoms with Gasteiger partial charge < -0.3 is 14.2 Å². The van der Waals surface area contributed by atoms with Gasteiger partial charge in [0.05, 0.1) is 31.1 Å². The van der Waals surface area contributed by atoms with Crippen molar-refractivity contribution in [1.82, 2.24) is 9.97 Å². The molecule has 1 aliphatic heterocycles. The fourth-order valence-electron chi connectivity index (χ4n) is 2.43. The minimum absolute atomic E-state index is 0.0871. The van der Waals surface area contributed by atoms with Crippen LogP contribution < -0.4 is 0 Å². The minimum Gasteiger partial charge on any atom is -0.461 e. The number of esters is 1. The Hall–Kier alpha value is -1.80. The van der Waals surface area contributed by atoms with Crippen LogP contribution in [-0.4, -0.2) is 35.8 Å². The van der Waals surface area contributed by atoms with Gasteiger partial charge in [-0.05, 0) is 36.7 Å². The van der Waals surface area contributed by atoms with Gasteiger partial charge in [0.2, 0.25) is 5.28 Å². The molecule has 0 unspecified atom stereocenters. The molecule has 3 rings (SSSR count). The summed E-state index contributed by atoms with van der Waals surface area (Å²) in [5.74, 6) is -1.35. The van der Waals surface area contributed by atoms with Gasteiger partial charge >= 0.3 is 5.97 Å². The van der Waals surface area contributed by atoms with Crippen LogP contribution in [0.5, 0.6) is 0 Å². The average Bonchev–Trinajstić information content (AvgIpc) is 3.08. The van der Waals surface area contributed by atoms with Gasteiger partial charge in [-0.1, -0.05) is 11.6 Å². The molecule has 1 fully saturated rings. The molecule has 1 aliphatic rings. The first-order chi connectivity index (χ1) is 12.0. The lowest BCUT2D eigenvalue weighted by molar-refractivity contribution is -0.0450. The highest BCUT2D eigenvalue weighted by Gasteiger charge is 2.32. The smallest absolute Gasteiger partial charge is 0.357 e. The van der Waals surface area contributed by atoms with E-state index in [1.165, 1.54) is 12.1 Å². The van der Waals surface area contributed by atoms with Gasteiger partial charge in [0.15, 0.2) is 12.0 Å². The molecule has 1 aromatic heterocycles. The number of halogens is 3. The SMILES string of the molecule is CCOC(=O)c1nc(Cl)nc(-c2ccc(Cl)cc2F)c1C1OCCO1. The second-order valence-corrected chi connectivity index (χ2v) is 5.80. The van der Waals surface area contributed by atoms with Crippen molar-refractivity contribution < 1.29 is 23.4 Å². The zero-order valence-corrected chi connectivity index (χ0v) is 14.6. The van der Waals surface area contributed by atoms with Crippen molar-refractivity contribution in [3.63, 3.8) is 0 Å². The molecular formula is C16H13Cl2FN2O4. The molecule has 1 saturated heterocycles. The molecule has 0 N–H and O–H groups in total. The summed E-state index contributed by atoms with van der Waals surface area (Å²) in [4.78, 5) is 20.3. The van der Waals surface area contributed by atoms with E-state index >= 15 is 0 Å². The molecule has 0 spiro atoms. The Bertz CT molecular complexity index is 813. The highest BCUT2D eigenvalue weighted by atomic mass is 35.5. The zero-order chi connectivity index (χ0) is 18.0. The van der Waals surface area contributed by atoms with E-state index in [1.54, 1.807) is 6.92 Å². The number of nitrogens with zero attached hydrogens (tertiary/aromatic N) is 2. The summed E-state index contributed by atoms with van der Waals surface area (Å²) in [7, 11) is 0. The van der Waals surface area contributed by atoms with Crippen LogP contribution in [-0.2, 0) is 14.2 Å². The second kappa shape index (κ2) is 7.61. The van der Waals surface area contributed by atoms with Gasteiger partial charge in [-0.25, -0.2) is 19.2 Å². The maximum atomic E-state index is 14.4.